The largest absolute Gasteiger partial charge is 0.456 e. The van der Waals surface area contributed by atoms with Gasteiger partial charge in [-0.05, 0) is 120 Å². The molecule has 0 fully saturated rings. The molecule has 4 aromatic heterocycles. The molecule has 0 bridgehead atoms. The van der Waals surface area contributed by atoms with E-state index in [4.69, 9.17) is 19.4 Å². The van der Waals surface area contributed by atoms with Crippen LogP contribution in [0.15, 0.2) is 235 Å². The molecular weight excluding hydrogens is 855 g/mol. The molecule has 0 saturated heterocycles. The van der Waals surface area contributed by atoms with Crippen molar-refractivity contribution in [3.63, 3.8) is 0 Å². The monoisotopic (exact) mass is 895 g/mol. The van der Waals surface area contributed by atoms with Gasteiger partial charge in [0.25, 0.3) is 0 Å². The van der Waals surface area contributed by atoms with Gasteiger partial charge in [-0.1, -0.05) is 145 Å². The van der Waals surface area contributed by atoms with Gasteiger partial charge in [0.2, 0.25) is 0 Å². The van der Waals surface area contributed by atoms with Crippen molar-refractivity contribution in [2.24, 2.45) is 0 Å². The second-order valence-electron chi connectivity index (χ2n) is 18.1. The Morgan fingerprint density at radius 2 is 0.714 bits per heavy atom. The van der Waals surface area contributed by atoms with Crippen molar-refractivity contribution in [1.82, 2.24) is 24.1 Å². The number of rotatable bonds is 7. The zero-order valence-electron chi connectivity index (χ0n) is 38.1. The van der Waals surface area contributed by atoms with Gasteiger partial charge in [-0.15, -0.1) is 0 Å². The summed E-state index contributed by atoms with van der Waals surface area (Å²) in [7, 11) is 0. The summed E-state index contributed by atoms with van der Waals surface area (Å²) < 4.78 is 11.3. The summed E-state index contributed by atoms with van der Waals surface area (Å²) in [6.07, 6.45) is 0. The van der Waals surface area contributed by atoms with Crippen molar-refractivity contribution in [2.75, 3.05) is 0 Å². The Morgan fingerprint density at radius 1 is 0.286 bits per heavy atom. The molecule has 6 nitrogen and oxygen atoms in total. The standard InChI is InChI=1S/C64H41N5O/c1-40-21-28-49(29-22-40)69-56-20-12-11-19-50(56)52-35-43(24-31-57(52)69)44-25-32-58-53(36-44)54-37-45(26-33-59(54)68(58)48-17-9-4-10-18-48)46-27-34-60-55(38-46)51-30-23-47(39-61(51)70-60)64-66-62(41-13-5-2-6-14-41)65-63(67-64)42-15-7-3-8-16-42/h2-39H,1H3. The van der Waals surface area contributed by atoms with Crippen LogP contribution in [0.1, 0.15) is 5.56 Å². The lowest BCUT2D eigenvalue weighted by molar-refractivity contribution is 0.669. The third-order valence-electron chi connectivity index (χ3n) is 13.8. The zero-order valence-corrected chi connectivity index (χ0v) is 38.1. The van der Waals surface area contributed by atoms with Crippen LogP contribution in [0.4, 0.5) is 0 Å². The Balaban J connectivity index is 0.878. The van der Waals surface area contributed by atoms with Gasteiger partial charge < -0.3 is 13.6 Å². The first-order valence-electron chi connectivity index (χ1n) is 23.7. The molecule has 6 heteroatoms. The number of para-hydroxylation sites is 2. The van der Waals surface area contributed by atoms with E-state index in [1.54, 1.807) is 0 Å². The van der Waals surface area contributed by atoms with Crippen LogP contribution in [0.3, 0.4) is 0 Å². The zero-order chi connectivity index (χ0) is 46.3. The molecule has 0 aliphatic rings. The van der Waals surface area contributed by atoms with Crippen LogP contribution in [0.2, 0.25) is 0 Å². The fraction of sp³-hybridized carbons (Fsp3) is 0.0156. The minimum Gasteiger partial charge on any atom is -0.456 e. The molecule has 10 aromatic carbocycles. The minimum absolute atomic E-state index is 0.591. The Bertz CT molecular complexity index is 4280. The van der Waals surface area contributed by atoms with Gasteiger partial charge in [0.05, 0.1) is 22.1 Å². The first-order chi connectivity index (χ1) is 34.6. The molecule has 0 spiro atoms. The SMILES string of the molecule is Cc1ccc(-n2c3ccccc3c3cc(-c4ccc5c(c4)c4cc(-c6ccc7oc8cc(-c9nc(-c%10ccccc%10)nc(-c%10ccccc%10)n9)ccc8c7c6)ccc4n5-c4ccccc4)ccc32)cc1. The summed E-state index contributed by atoms with van der Waals surface area (Å²) in [6.45, 7) is 2.14. The molecule has 4 heterocycles. The smallest absolute Gasteiger partial charge is 0.164 e. The second kappa shape index (κ2) is 15.9. The Hall–Kier alpha value is -9.39. The quantitative estimate of drug-likeness (QED) is 0.160. The normalized spacial score (nSPS) is 11.8. The Kier molecular flexibility index (Phi) is 9.01. The third-order valence-corrected chi connectivity index (χ3v) is 13.8. The van der Waals surface area contributed by atoms with Crippen molar-refractivity contribution in [3.05, 3.63) is 236 Å². The van der Waals surface area contributed by atoms with Gasteiger partial charge in [0, 0.05) is 60.4 Å². The fourth-order valence-corrected chi connectivity index (χ4v) is 10.4. The number of hydrogen-bond acceptors (Lipinski definition) is 4. The lowest BCUT2D eigenvalue weighted by Crippen LogP contribution is -2.00. The van der Waals surface area contributed by atoms with Gasteiger partial charge in [0.1, 0.15) is 11.2 Å². The number of hydrogen-bond donors (Lipinski definition) is 0. The van der Waals surface area contributed by atoms with E-state index in [2.05, 4.69) is 186 Å². The highest BCUT2D eigenvalue weighted by atomic mass is 16.3. The average Bonchev–Trinajstić information content (AvgIpc) is 4.08. The lowest BCUT2D eigenvalue weighted by Gasteiger charge is -2.09. The van der Waals surface area contributed by atoms with Gasteiger partial charge in [-0.2, -0.15) is 0 Å². The molecule has 0 amide bonds. The predicted molar refractivity (Wildman–Crippen MR) is 288 cm³/mol. The van der Waals surface area contributed by atoms with Crippen LogP contribution in [-0.2, 0) is 0 Å². The highest BCUT2D eigenvalue weighted by molar-refractivity contribution is 6.14. The van der Waals surface area contributed by atoms with Crippen LogP contribution >= 0.6 is 0 Å². The van der Waals surface area contributed by atoms with Crippen molar-refractivity contribution in [3.8, 4) is 67.8 Å². The summed E-state index contributed by atoms with van der Waals surface area (Å²) in [5.41, 5.74) is 17.2. The fourth-order valence-electron chi connectivity index (χ4n) is 10.4. The Morgan fingerprint density at radius 3 is 1.29 bits per heavy atom. The summed E-state index contributed by atoms with van der Waals surface area (Å²) in [6, 6.07) is 81.9. The summed E-state index contributed by atoms with van der Waals surface area (Å²) in [5.74, 6) is 1.84. The highest BCUT2D eigenvalue weighted by Crippen LogP contribution is 2.41. The van der Waals surface area contributed by atoms with Crippen molar-refractivity contribution < 1.29 is 4.42 Å². The van der Waals surface area contributed by atoms with E-state index in [-0.39, 0.29) is 0 Å². The summed E-state index contributed by atoms with van der Waals surface area (Å²) in [4.78, 5) is 14.8. The maximum absolute atomic E-state index is 6.57. The molecule has 0 radical (unpaired) electrons. The molecule has 0 unspecified atom stereocenters. The molecule has 70 heavy (non-hydrogen) atoms. The molecule has 0 N–H and O–H groups in total. The van der Waals surface area contributed by atoms with Gasteiger partial charge >= 0.3 is 0 Å². The second-order valence-corrected chi connectivity index (χ2v) is 18.1. The minimum atomic E-state index is 0.591. The molecule has 0 atom stereocenters. The summed E-state index contributed by atoms with van der Waals surface area (Å²) >= 11 is 0. The number of fused-ring (bicyclic) bond motifs is 9. The Labute approximate surface area is 403 Å². The molecule has 0 saturated carbocycles. The molecule has 328 valence electrons. The van der Waals surface area contributed by atoms with Gasteiger partial charge in [0.15, 0.2) is 17.5 Å². The first kappa shape index (κ1) is 39.7. The molecule has 0 aliphatic heterocycles. The maximum atomic E-state index is 6.57. The maximum Gasteiger partial charge on any atom is 0.164 e. The van der Waals surface area contributed by atoms with Crippen molar-refractivity contribution in [1.29, 1.82) is 0 Å². The van der Waals surface area contributed by atoms with E-state index < -0.39 is 0 Å². The van der Waals surface area contributed by atoms with Crippen LogP contribution in [0.25, 0.3) is 133 Å². The van der Waals surface area contributed by atoms with E-state index in [9.17, 15) is 0 Å². The van der Waals surface area contributed by atoms with E-state index in [1.807, 2.05) is 60.7 Å². The molecule has 14 aromatic rings. The van der Waals surface area contributed by atoms with E-state index in [1.165, 1.54) is 49.3 Å². The molecule has 0 aliphatic carbocycles. The van der Waals surface area contributed by atoms with Gasteiger partial charge in [-0.3, -0.25) is 0 Å². The van der Waals surface area contributed by atoms with E-state index in [0.29, 0.717) is 17.5 Å². The number of benzene rings is 10. The number of nitrogens with zero attached hydrogens (tertiary/aromatic N) is 5. The average molecular weight is 896 g/mol. The van der Waals surface area contributed by atoms with E-state index in [0.717, 1.165) is 72.2 Å². The summed E-state index contributed by atoms with van der Waals surface area (Å²) in [5, 5.41) is 6.96. The van der Waals surface area contributed by atoms with Crippen molar-refractivity contribution in [2.45, 2.75) is 6.92 Å². The van der Waals surface area contributed by atoms with Crippen LogP contribution in [0.5, 0.6) is 0 Å². The first-order valence-corrected chi connectivity index (χ1v) is 23.7. The lowest BCUT2D eigenvalue weighted by atomic mass is 9.98. The number of aryl methyl sites for hydroxylation is 1. The number of furan rings is 1. The number of aromatic nitrogens is 5. The van der Waals surface area contributed by atoms with Crippen LogP contribution < -0.4 is 0 Å². The van der Waals surface area contributed by atoms with Crippen LogP contribution in [0, 0.1) is 6.92 Å². The van der Waals surface area contributed by atoms with Gasteiger partial charge in [-0.25, -0.2) is 15.0 Å². The van der Waals surface area contributed by atoms with Crippen LogP contribution in [-0.4, -0.2) is 24.1 Å². The van der Waals surface area contributed by atoms with Crippen molar-refractivity contribution >= 4 is 65.6 Å². The topological polar surface area (TPSA) is 61.7 Å². The molecule has 14 rings (SSSR count). The van der Waals surface area contributed by atoms with E-state index >= 15 is 0 Å². The third kappa shape index (κ3) is 6.53. The predicted octanol–water partition coefficient (Wildman–Crippen LogP) is 16.6. The highest BCUT2D eigenvalue weighted by Gasteiger charge is 2.19. The molecular formula is C64H41N5O.